The zero-order valence-corrected chi connectivity index (χ0v) is 21.1. The minimum absolute atomic E-state index is 0.120. The first-order chi connectivity index (χ1) is 18.6. The van der Waals surface area contributed by atoms with Gasteiger partial charge in [-0.05, 0) is 48.0 Å². The molecule has 3 aromatic carbocycles. The summed E-state index contributed by atoms with van der Waals surface area (Å²) in [6.07, 6.45) is -4.93. The molecule has 0 radical (unpaired) electrons. The summed E-state index contributed by atoms with van der Waals surface area (Å²) in [5.41, 5.74) is 1.91. The van der Waals surface area contributed by atoms with Gasteiger partial charge in [0.15, 0.2) is 0 Å². The highest BCUT2D eigenvalue weighted by Crippen LogP contribution is 2.31. The standard InChI is InChI=1S/C28H21ClF3N3O4/c29-20-8-9-23(34-10-12-35(13-11-34)27(38)28(30,31)32)22(16-20)33-25(36)19-6-3-5-17(14-19)21-15-18-4-1-2-7-24(18)39-26(21)37/h1-9,14-16H,10-13H2,(H,33,36). The summed E-state index contributed by atoms with van der Waals surface area (Å²) >= 11 is 6.18. The van der Waals surface area contributed by atoms with Gasteiger partial charge in [-0.3, -0.25) is 9.59 Å². The van der Waals surface area contributed by atoms with Crippen molar-refractivity contribution in [3.05, 3.63) is 93.8 Å². The Labute approximate surface area is 225 Å². The number of anilines is 2. The van der Waals surface area contributed by atoms with Crippen LogP contribution in [0.3, 0.4) is 0 Å². The molecule has 2 amide bonds. The largest absolute Gasteiger partial charge is 0.471 e. The van der Waals surface area contributed by atoms with Crippen LogP contribution in [0, 0.1) is 0 Å². The first-order valence-electron chi connectivity index (χ1n) is 12.0. The van der Waals surface area contributed by atoms with Crippen molar-refractivity contribution in [1.29, 1.82) is 0 Å². The highest BCUT2D eigenvalue weighted by atomic mass is 35.5. The Morgan fingerprint density at radius 3 is 2.38 bits per heavy atom. The molecule has 0 unspecified atom stereocenters. The van der Waals surface area contributed by atoms with Gasteiger partial charge in [-0.15, -0.1) is 0 Å². The maximum atomic E-state index is 13.2. The SMILES string of the molecule is O=C(Nc1cc(Cl)ccc1N1CCN(C(=O)C(F)(F)F)CC1)c1cccc(-c2cc3ccccc3oc2=O)c1. The molecule has 0 bridgehead atoms. The van der Waals surface area contributed by atoms with E-state index in [0.717, 1.165) is 10.3 Å². The molecule has 39 heavy (non-hydrogen) atoms. The van der Waals surface area contributed by atoms with Gasteiger partial charge in [-0.2, -0.15) is 13.2 Å². The van der Waals surface area contributed by atoms with E-state index in [1.54, 1.807) is 65.6 Å². The summed E-state index contributed by atoms with van der Waals surface area (Å²) in [6.45, 7) is 0.0363. The monoisotopic (exact) mass is 555 g/mol. The highest BCUT2D eigenvalue weighted by molar-refractivity contribution is 6.31. The lowest BCUT2D eigenvalue weighted by atomic mass is 10.0. The number of benzene rings is 3. The first kappa shape index (κ1) is 26.3. The molecule has 1 saturated heterocycles. The Morgan fingerprint density at radius 1 is 0.897 bits per heavy atom. The quantitative estimate of drug-likeness (QED) is 0.333. The molecule has 5 rings (SSSR count). The number of hydrogen-bond acceptors (Lipinski definition) is 5. The summed E-state index contributed by atoms with van der Waals surface area (Å²) < 4.78 is 43.8. The van der Waals surface area contributed by atoms with Gasteiger partial charge in [0.2, 0.25) is 0 Å². The van der Waals surface area contributed by atoms with Gasteiger partial charge >= 0.3 is 17.7 Å². The van der Waals surface area contributed by atoms with Crippen LogP contribution in [-0.4, -0.2) is 49.1 Å². The van der Waals surface area contributed by atoms with E-state index in [1.807, 2.05) is 12.1 Å². The van der Waals surface area contributed by atoms with Crippen molar-refractivity contribution >= 4 is 45.8 Å². The number of fused-ring (bicyclic) bond motifs is 1. The van der Waals surface area contributed by atoms with Crippen molar-refractivity contribution in [2.45, 2.75) is 6.18 Å². The first-order valence-corrected chi connectivity index (χ1v) is 12.3. The van der Waals surface area contributed by atoms with Gasteiger partial charge in [-0.1, -0.05) is 41.9 Å². The number of hydrogen-bond donors (Lipinski definition) is 1. The molecule has 0 atom stereocenters. The maximum absolute atomic E-state index is 13.2. The normalized spacial score (nSPS) is 13.9. The fourth-order valence-corrected chi connectivity index (χ4v) is 4.67. The maximum Gasteiger partial charge on any atom is 0.471 e. The minimum Gasteiger partial charge on any atom is -0.422 e. The molecule has 200 valence electrons. The molecule has 0 saturated carbocycles. The summed E-state index contributed by atoms with van der Waals surface area (Å²) in [4.78, 5) is 40.0. The smallest absolute Gasteiger partial charge is 0.422 e. The third kappa shape index (κ3) is 5.61. The van der Waals surface area contributed by atoms with E-state index < -0.39 is 23.6 Å². The van der Waals surface area contributed by atoms with Gasteiger partial charge in [-0.25, -0.2) is 4.79 Å². The number of carbonyl (C=O) groups is 2. The molecular formula is C28H21ClF3N3O4. The molecule has 4 aromatic rings. The predicted octanol–water partition coefficient (Wildman–Crippen LogP) is 5.58. The number of nitrogens with one attached hydrogen (secondary N) is 1. The second-order valence-corrected chi connectivity index (χ2v) is 9.40. The summed E-state index contributed by atoms with van der Waals surface area (Å²) in [6, 6.07) is 20.1. The van der Waals surface area contributed by atoms with E-state index in [0.29, 0.717) is 33.1 Å². The zero-order chi connectivity index (χ0) is 27.7. The van der Waals surface area contributed by atoms with Crippen molar-refractivity contribution in [3.8, 4) is 11.1 Å². The number of nitrogens with zero attached hydrogens (tertiary/aromatic N) is 2. The Bertz CT molecular complexity index is 1630. The average Bonchev–Trinajstić information content (AvgIpc) is 2.92. The van der Waals surface area contributed by atoms with E-state index >= 15 is 0 Å². The van der Waals surface area contributed by atoms with E-state index in [2.05, 4.69) is 5.32 Å². The molecule has 1 N–H and O–H groups in total. The molecule has 7 nitrogen and oxygen atoms in total. The second kappa shape index (κ2) is 10.5. The second-order valence-electron chi connectivity index (χ2n) is 8.96. The van der Waals surface area contributed by atoms with Gasteiger partial charge in [0.05, 0.1) is 16.9 Å². The summed E-state index contributed by atoms with van der Waals surface area (Å²) in [5, 5.41) is 3.91. The Hall–Kier alpha value is -4.31. The molecular weight excluding hydrogens is 535 g/mol. The van der Waals surface area contributed by atoms with E-state index in [1.165, 1.54) is 0 Å². The summed E-state index contributed by atoms with van der Waals surface area (Å²) in [7, 11) is 0. The molecule has 1 fully saturated rings. The fourth-order valence-electron chi connectivity index (χ4n) is 4.50. The third-order valence-electron chi connectivity index (χ3n) is 6.43. The van der Waals surface area contributed by atoms with Crippen LogP contribution in [0.25, 0.3) is 22.1 Å². The van der Waals surface area contributed by atoms with Gasteiger partial charge in [0.25, 0.3) is 5.91 Å². The molecule has 11 heteroatoms. The van der Waals surface area contributed by atoms with Gasteiger partial charge in [0, 0.05) is 42.2 Å². The molecule has 2 heterocycles. The van der Waals surface area contributed by atoms with Crippen molar-refractivity contribution in [1.82, 2.24) is 4.90 Å². The van der Waals surface area contributed by atoms with Crippen LogP contribution >= 0.6 is 11.6 Å². The Balaban J connectivity index is 1.37. The molecule has 1 aromatic heterocycles. The number of para-hydroxylation sites is 1. The minimum atomic E-state index is -4.93. The number of carbonyl (C=O) groups excluding carboxylic acids is 2. The lowest BCUT2D eigenvalue weighted by Gasteiger charge is -2.37. The molecule has 0 spiro atoms. The Morgan fingerprint density at radius 2 is 1.64 bits per heavy atom. The number of rotatable bonds is 4. The van der Waals surface area contributed by atoms with Crippen LogP contribution in [0.1, 0.15) is 10.4 Å². The zero-order valence-electron chi connectivity index (χ0n) is 20.3. The molecule has 1 aliphatic rings. The highest BCUT2D eigenvalue weighted by Gasteiger charge is 2.43. The third-order valence-corrected chi connectivity index (χ3v) is 6.67. The Kier molecular flexibility index (Phi) is 7.05. The van der Waals surface area contributed by atoms with Crippen molar-refractivity contribution in [2.75, 3.05) is 36.4 Å². The van der Waals surface area contributed by atoms with Crippen LogP contribution in [0.5, 0.6) is 0 Å². The van der Waals surface area contributed by atoms with Gasteiger partial charge in [0.1, 0.15) is 5.58 Å². The van der Waals surface area contributed by atoms with Crippen LogP contribution < -0.4 is 15.8 Å². The number of amides is 2. The lowest BCUT2D eigenvalue weighted by Crippen LogP contribution is -2.52. The lowest BCUT2D eigenvalue weighted by molar-refractivity contribution is -0.185. The van der Waals surface area contributed by atoms with Crippen LogP contribution in [-0.2, 0) is 4.79 Å². The average molecular weight is 556 g/mol. The van der Waals surface area contributed by atoms with Crippen LogP contribution in [0.4, 0.5) is 24.5 Å². The van der Waals surface area contributed by atoms with Crippen LogP contribution in [0.2, 0.25) is 5.02 Å². The number of halogens is 4. The van der Waals surface area contributed by atoms with Crippen molar-refractivity contribution < 1.29 is 27.2 Å². The van der Waals surface area contributed by atoms with Crippen molar-refractivity contribution in [3.63, 3.8) is 0 Å². The van der Waals surface area contributed by atoms with E-state index in [4.69, 9.17) is 16.0 Å². The molecule has 0 aliphatic carbocycles. The molecule has 1 aliphatic heterocycles. The van der Waals surface area contributed by atoms with Crippen LogP contribution in [0.15, 0.2) is 82.0 Å². The van der Waals surface area contributed by atoms with E-state index in [9.17, 15) is 27.6 Å². The number of alkyl halides is 3. The number of piperazine rings is 1. The topological polar surface area (TPSA) is 82.9 Å². The van der Waals surface area contributed by atoms with E-state index in [-0.39, 0.29) is 31.7 Å². The fraction of sp³-hybridized carbons (Fsp3) is 0.179. The predicted molar refractivity (Wildman–Crippen MR) is 142 cm³/mol. The van der Waals surface area contributed by atoms with Gasteiger partial charge < -0.3 is 19.5 Å². The summed E-state index contributed by atoms with van der Waals surface area (Å²) in [5.74, 6) is -2.34. The van der Waals surface area contributed by atoms with Crippen molar-refractivity contribution in [2.24, 2.45) is 0 Å².